The number of hydrogen-bond acceptors (Lipinski definition) is 4. The van der Waals surface area contributed by atoms with E-state index in [4.69, 9.17) is 0 Å². The Hall–Kier alpha value is -3.51. The summed E-state index contributed by atoms with van der Waals surface area (Å²) in [5, 5.41) is 3.06. The Morgan fingerprint density at radius 1 is 0.946 bits per heavy atom. The summed E-state index contributed by atoms with van der Waals surface area (Å²) in [6, 6.07) is 21.3. The predicted octanol–water partition coefficient (Wildman–Crippen LogP) is 6.04. The van der Waals surface area contributed by atoms with Crippen molar-refractivity contribution in [3.05, 3.63) is 100 Å². The molecule has 6 rings (SSSR count). The molecule has 0 bridgehead atoms. The van der Waals surface area contributed by atoms with Crippen LogP contribution in [0.25, 0.3) is 6.08 Å². The first-order valence-electron chi connectivity index (χ1n) is 12.5. The van der Waals surface area contributed by atoms with Crippen molar-refractivity contribution in [3.8, 4) is 0 Å². The summed E-state index contributed by atoms with van der Waals surface area (Å²) < 4.78 is 0.853. The van der Waals surface area contributed by atoms with Crippen LogP contribution in [0.15, 0.2) is 83.3 Å². The number of halogens is 1. The van der Waals surface area contributed by atoms with Gasteiger partial charge in [-0.25, -0.2) is 0 Å². The highest BCUT2D eigenvalue weighted by atomic mass is 79.9. The molecule has 1 saturated heterocycles. The second-order valence-corrected chi connectivity index (χ2v) is 12.0. The first-order chi connectivity index (χ1) is 17.7. The minimum atomic E-state index is -1.27. The fourth-order valence-corrected chi connectivity index (χ4v) is 6.62. The molecule has 3 heterocycles. The Kier molecular flexibility index (Phi) is 5.32. The lowest BCUT2D eigenvalue weighted by atomic mass is 9.63. The van der Waals surface area contributed by atoms with E-state index in [0.717, 1.165) is 21.3 Å². The number of hydrogen-bond donors (Lipinski definition) is 1. The largest absolute Gasteiger partial charge is 0.352 e. The van der Waals surface area contributed by atoms with Crippen LogP contribution in [0.4, 0.5) is 11.4 Å². The van der Waals surface area contributed by atoms with Crippen LogP contribution in [-0.2, 0) is 15.0 Å². The number of para-hydroxylation sites is 2. The van der Waals surface area contributed by atoms with Gasteiger partial charge in [-0.2, -0.15) is 0 Å². The van der Waals surface area contributed by atoms with Gasteiger partial charge in [0.2, 0.25) is 5.91 Å². The average Bonchev–Trinajstić information content (AvgIpc) is 3.36. The molecule has 0 aliphatic carbocycles. The summed E-state index contributed by atoms with van der Waals surface area (Å²) in [7, 11) is 0. The smallest absolute Gasteiger partial charge is 0.238 e. The molecule has 3 aromatic rings. The molecule has 186 valence electrons. The van der Waals surface area contributed by atoms with Gasteiger partial charge in [0.05, 0.1) is 12.0 Å². The van der Waals surface area contributed by atoms with Gasteiger partial charge >= 0.3 is 0 Å². The fraction of sp³-hybridized carbons (Fsp3) is 0.258. The third-order valence-corrected chi connectivity index (χ3v) is 8.49. The summed E-state index contributed by atoms with van der Waals surface area (Å²) >= 11 is 3.45. The van der Waals surface area contributed by atoms with Gasteiger partial charge in [-0.1, -0.05) is 97.4 Å². The van der Waals surface area contributed by atoms with Gasteiger partial charge in [-0.05, 0) is 35.4 Å². The Balaban J connectivity index is 1.68. The van der Waals surface area contributed by atoms with Gasteiger partial charge in [0, 0.05) is 26.8 Å². The normalized spacial score (nSPS) is 25.5. The van der Waals surface area contributed by atoms with E-state index in [-0.39, 0.29) is 17.5 Å². The van der Waals surface area contributed by atoms with E-state index in [1.165, 1.54) is 0 Å². The highest BCUT2D eigenvalue weighted by Crippen LogP contribution is 2.58. The topological polar surface area (TPSA) is 66.5 Å². The van der Waals surface area contributed by atoms with Crippen molar-refractivity contribution in [3.63, 3.8) is 0 Å². The standard InChI is InChI=1S/C31H27BrN2O3/c1-30(2,3)28(36)26-25(27(35)19-12-15-20(32)16-13-19)31(21-9-5-6-10-22(21)33-29(31)37)24-17-14-18-8-4-7-11-23(18)34(24)26/h4-17,24-26H,1-3H3,(H,33,37)/t24-,25-,26+,31+/m1/s1. The number of fused-ring (bicyclic) bond motifs is 6. The third-order valence-electron chi connectivity index (χ3n) is 7.96. The summed E-state index contributed by atoms with van der Waals surface area (Å²) in [6.45, 7) is 5.64. The number of nitrogens with one attached hydrogen (secondary N) is 1. The highest BCUT2D eigenvalue weighted by molar-refractivity contribution is 9.10. The number of amides is 1. The van der Waals surface area contributed by atoms with Crippen molar-refractivity contribution in [2.24, 2.45) is 11.3 Å². The second-order valence-electron chi connectivity index (χ2n) is 11.0. The molecule has 3 aliphatic heterocycles. The molecular weight excluding hydrogens is 528 g/mol. The van der Waals surface area contributed by atoms with Crippen LogP contribution in [0, 0.1) is 11.3 Å². The van der Waals surface area contributed by atoms with Crippen LogP contribution >= 0.6 is 15.9 Å². The van der Waals surface area contributed by atoms with E-state index in [2.05, 4.69) is 21.2 Å². The van der Waals surface area contributed by atoms with Crippen LogP contribution < -0.4 is 10.2 Å². The summed E-state index contributed by atoms with van der Waals surface area (Å²) in [4.78, 5) is 45.2. The molecule has 1 fully saturated rings. The number of benzene rings is 3. The first-order valence-corrected chi connectivity index (χ1v) is 13.3. The zero-order valence-electron chi connectivity index (χ0n) is 20.9. The number of carbonyl (C=O) groups is 3. The van der Waals surface area contributed by atoms with Gasteiger partial charge in [0.1, 0.15) is 11.5 Å². The minimum absolute atomic E-state index is 0.0629. The van der Waals surface area contributed by atoms with E-state index >= 15 is 0 Å². The van der Waals surface area contributed by atoms with Crippen LogP contribution in [0.1, 0.15) is 42.3 Å². The number of carbonyl (C=O) groups excluding carboxylic acids is 3. The summed E-state index contributed by atoms with van der Waals surface area (Å²) in [5.74, 6) is -1.44. The van der Waals surface area contributed by atoms with Gasteiger partial charge in [-0.15, -0.1) is 0 Å². The SMILES string of the molecule is CC(C)(C)C(=O)[C@@H]1[C@H](C(=O)c2ccc(Br)cc2)[C@@]2(C(=O)Nc3ccccc32)[C@H]2C=Cc3ccccc3N12. The third kappa shape index (κ3) is 3.31. The maximum Gasteiger partial charge on any atom is 0.238 e. The number of ketones is 2. The van der Waals surface area contributed by atoms with Crippen LogP contribution in [-0.4, -0.2) is 29.6 Å². The molecule has 0 saturated carbocycles. The minimum Gasteiger partial charge on any atom is -0.352 e. The quantitative estimate of drug-likeness (QED) is 0.401. The van der Waals surface area contributed by atoms with Crippen molar-refractivity contribution >= 4 is 50.9 Å². The van der Waals surface area contributed by atoms with Crippen molar-refractivity contribution in [2.45, 2.75) is 38.3 Å². The molecule has 0 radical (unpaired) electrons. The van der Waals surface area contributed by atoms with Crippen LogP contribution in [0.2, 0.25) is 0 Å². The van der Waals surface area contributed by atoms with Crippen molar-refractivity contribution in [1.29, 1.82) is 0 Å². The summed E-state index contributed by atoms with van der Waals surface area (Å²) in [6.07, 6.45) is 4.01. The van der Waals surface area contributed by atoms with E-state index < -0.39 is 28.8 Å². The molecule has 1 N–H and O–H groups in total. The molecule has 5 nitrogen and oxygen atoms in total. The predicted molar refractivity (Wildman–Crippen MR) is 149 cm³/mol. The fourth-order valence-electron chi connectivity index (χ4n) is 6.36. The Morgan fingerprint density at radius 2 is 1.62 bits per heavy atom. The van der Waals surface area contributed by atoms with Gasteiger partial charge in [0.15, 0.2) is 11.6 Å². The lowest BCUT2D eigenvalue weighted by Gasteiger charge is -2.38. The van der Waals surface area contributed by atoms with E-state index in [0.29, 0.717) is 11.3 Å². The van der Waals surface area contributed by atoms with Crippen molar-refractivity contribution in [1.82, 2.24) is 0 Å². The molecule has 0 unspecified atom stereocenters. The Bertz CT molecular complexity index is 1490. The van der Waals surface area contributed by atoms with Gasteiger partial charge in [-0.3, -0.25) is 14.4 Å². The monoisotopic (exact) mass is 554 g/mol. The highest BCUT2D eigenvalue weighted by Gasteiger charge is 2.70. The number of rotatable bonds is 3. The second kappa shape index (κ2) is 8.25. The number of nitrogens with zero attached hydrogens (tertiary/aromatic N) is 1. The number of Topliss-reactive ketones (excluding diaryl/α,β-unsaturated/α-hetero) is 2. The molecule has 1 spiro atoms. The molecule has 1 amide bonds. The first kappa shape index (κ1) is 23.9. The van der Waals surface area contributed by atoms with Crippen LogP contribution in [0.5, 0.6) is 0 Å². The Morgan fingerprint density at radius 3 is 2.35 bits per heavy atom. The molecular formula is C31H27BrN2O3. The summed E-state index contributed by atoms with van der Waals surface area (Å²) in [5.41, 5.74) is 1.76. The van der Waals surface area contributed by atoms with Crippen molar-refractivity contribution in [2.75, 3.05) is 10.2 Å². The average molecular weight is 555 g/mol. The van der Waals surface area contributed by atoms with Gasteiger partial charge in [0.25, 0.3) is 0 Å². The maximum atomic E-state index is 14.6. The number of anilines is 2. The molecule has 37 heavy (non-hydrogen) atoms. The van der Waals surface area contributed by atoms with Crippen molar-refractivity contribution < 1.29 is 14.4 Å². The molecule has 6 heteroatoms. The molecule has 0 aromatic heterocycles. The molecule has 3 aliphatic rings. The van der Waals surface area contributed by atoms with E-state index in [9.17, 15) is 14.4 Å². The van der Waals surface area contributed by atoms with Gasteiger partial charge < -0.3 is 10.2 Å². The van der Waals surface area contributed by atoms with E-state index in [1.807, 2.05) is 98.5 Å². The maximum absolute atomic E-state index is 14.6. The zero-order chi connectivity index (χ0) is 26.1. The molecule has 4 atom stereocenters. The molecule has 3 aromatic carbocycles. The lowest BCUT2D eigenvalue weighted by molar-refractivity contribution is -0.128. The Labute approximate surface area is 224 Å². The lowest BCUT2D eigenvalue weighted by Crippen LogP contribution is -2.51. The van der Waals surface area contributed by atoms with E-state index in [1.54, 1.807) is 12.1 Å². The zero-order valence-corrected chi connectivity index (χ0v) is 22.5. The van der Waals surface area contributed by atoms with Crippen LogP contribution in [0.3, 0.4) is 0 Å².